The Bertz CT molecular complexity index is 709. The first-order valence-corrected chi connectivity index (χ1v) is 7.32. The average molecular weight is 348 g/mol. The molecule has 0 saturated heterocycles. The van der Waals surface area contributed by atoms with Crippen molar-refractivity contribution in [1.82, 2.24) is 15.0 Å². The van der Waals surface area contributed by atoms with Crippen molar-refractivity contribution in [1.29, 1.82) is 0 Å². The quantitative estimate of drug-likeness (QED) is 0.620. The number of alkyl halides is 3. The van der Waals surface area contributed by atoms with Crippen molar-refractivity contribution in [3.63, 3.8) is 0 Å². The normalized spacial score (nSPS) is 11.5. The van der Waals surface area contributed by atoms with Crippen molar-refractivity contribution < 1.29 is 18.0 Å². The van der Waals surface area contributed by atoms with Gasteiger partial charge in [-0.25, -0.2) is 9.97 Å². The number of ketones is 1. The Labute approximate surface area is 133 Å². The molecule has 0 radical (unpaired) electrons. The number of thioether (sulfide) groups is 1. The van der Waals surface area contributed by atoms with Gasteiger partial charge >= 0.3 is 6.18 Å². The highest BCUT2D eigenvalue weighted by molar-refractivity contribution is 7.99. The second-order valence-corrected chi connectivity index (χ2v) is 5.62. The van der Waals surface area contributed by atoms with E-state index >= 15 is 0 Å². The highest BCUT2D eigenvalue weighted by Crippen LogP contribution is 2.33. The highest BCUT2D eigenvalue weighted by Gasteiger charge is 2.31. The third-order valence-corrected chi connectivity index (χ3v) is 3.74. The van der Waals surface area contributed by atoms with Crippen LogP contribution >= 0.6 is 23.4 Å². The Hall–Kier alpha value is -1.67. The fourth-order valence-corrected chi connectivity index (χ4v) is 2.38. The van der Waals surface area contributed by atoms with E-state index in [9.17, 15) is 18.0 Å². The number of hydrogen-bond donors (Lipinski definition) is 0. The van der Waals surface area contributed by atoms with Crippen LogP contribution in [0.4, 0.5) is 13.2 Å². The van der Waals surface area contributed by atoms with Gasteiger partial charge in [0.05, 0.1) is 22.0 Å². The summed E-state index contributed by atoms with van der Waals surface area (Å²) in [6.07, 6.45) is -2.38. The zero-order chi connectivity index (χ0) is 16.3. The van der Waals surface area contributed by atoms with Gasteiger partial charge in [-0.1, -0.05) is 23.4 Å². The van der Waals surface area contributed by atoms with Crippen LogP contribution in [0, 0.1) is 0 Å². The lowest BCUT2D eigenvalue weighted by Crippen LogP contribution is -2.06. The molecule has 0 bridgehead atoms. The standard InChI is InChI=1S/C13H9ClF3N3OS/c1-7(21)6-22-12-18-3-2-10(20-12)11-9(14)4-8(5-19-11)13(15,16)17/h2-5H,6H2,1H3. The molecule has 0 aromatic carbocycles. The summed E-state index contributed by atoms with van der Waals surface area (Å²) in [5.74, 6) is 0.169. The molecule has 2 heterocycles. The van der Waals surface area contributed by atoms with E-state index in [2.05, 4.69) is 15.0 Å². The molecule has 0 amide bonds. The van der Waals surface area contributed by atoms with Crippen LogP contribution < -0.4 is 0 Å². The highest BCUT2D eigenvalue weighted by atomic mass is 35.5. The van der Waals surface area contributed by atoms with Crippen LogP contribution in [0.15, 0.2) is 29.7 Å². The van der Waals surface area contributed by atoms with Gasteiger partial charge in [0, 0.05) is 12.4 Å². The van der Waals surface area contributed by atoms with Crippen molar-refractivity contribution in [3.05, 3.63) is 35.1 Å². The molecule has 2 aromatic rings. The number of hydrogen-bond acceptors (Lipinski definition) is 5. The van der Waals surface area contributed by atoms with Gasteiger partial charge < -0.3 is 0 Å². The summed E-state index contributed by atoms with van der Waals surface area (Å²) in [6, 6.07) is 2.29. The predicted molar refractivity (Wildman–Crippen MR) is 76.7 cm³/mol. The molecular weight excluding hydrogens is 339 g/mol. The van der Waals surface area contributed by atoms with Crippen molar-refractivity contribution >= 4 is 29.1 Å². The van der Waals surface area contributed by atoms with Crippen molar-refractivity contribution in [2.24, 2.45) is 0 Å². The Balaban J connectivity index is 2.32. The summed E-state index contributed by atoms with van der Waals surface area (Å²) in [5.41, 5.74) is -0.511. The number of nitrogens with zero attached hydrogens (tertiary/aromatic N) is 3. The molecule has 0 saturated carbocycles. The molecule has 0 fully saturated rings. The summed E-state index contributed by atoms with van der Waals surface area (Å²) in [4.78, 5) is 22.8. The fourth-order valence-electron chi connectivity index (χ4n) is 1.49. The first-order chi connectivity index (χ1) is 10.3. The molecule has 0 aliphatic rings. The number of carbonyl (C=O) groups excluding carboxylic acids is 1. The minimum absolute atomic E-state index is 0.0373. The molecule has 0 aliphatic heterocycles. The smallest absolute Gasteiger partial charge is 0.299 e. The molecule has 0 spiro atoms. The summed E-state index contributed by atoms with van der Waals surface area (Å²) >= 11 is 6.99. The first-order valence-electron chi connectivity index (χ1n) is 5.96. The Morgan fingerprint density at radius 2 is 2.09 bits per heavy atom. The maximum Gasteiger partial charge on any atom is 0.417 e. The Morgan fingerprint density at radius 3 is 2.68 bits per heavy atom. The lowest BCUT2D eigenvalue weighted by atomic mass is 10.2. The van der Waals surface area contributed by atoms with Crippen LogP contribution in [0.25, 0.3) is 11.4 Å². The zero-order valence-corrected chi connectivity index (χ0v) is 12.8. The maximum absolute atomic E-state index is 12.6. The first kappa shape index (κ1) is 16.7. The molecule has 0 aliphatic carbocycles. The molecule has 4 nitrogen and oxygen atoms in total. The van der Waals surface area contributed by atoms with Crippen molar-refractivity contribution in [3.8, 4) is 11.4 Å². The molecule has 116 valence electrons. The molecule has 9 heteroatoms. The number of carbonyl (C=O) groups is 1. The van der Waals surface area contributed by atoms with Gasteiger partial charge in [-0.2, -0.15) is 13.2 Å². The van der Waals surface area contributed by atoms with Crippen LogP contribution in [-0.4, -0.2) is 26.5 Å². The van der Waals surface area contributed by atoms with E-state index in [-0.39, 0.29) is 22.3 Å². The van der Waals surface area contributed by atoms with Gasteiger partial charge in [-0.05, 0) is 19.1 Å². The second kappa shape index (κ2) is 6.62. The monoisotopic (exact) mass is 347 g/mol. The molecule has 2 aromatic heterocycles. The molecule has 0 atom stereocenters. The van der Waals surface area contributed by atoms with Gasteiger partial charge in [0.25, 0.3) is 0 Å². The average Bonchev–Trinajstić information content (AvgIpc) is 2.44. The minimum Gasteiger partial charge on any atom is -0.299 e. The van der Waals surface area contributed by atoms with E-state index < -0.39 is 11.7 Å². The van der Waals surface area contributed by atoms with E-state index in [4.69, 9.17) is 11.6 Å². The van der Waals surface area contributed by atoms with Crippen molar-refractivity contribution in [2.75, 3.05) is 5.75 Å². The summed E-state index contributed by atoms with van der Waals surface area (Å²) in [6.45, 7) is 1.44. The summed E-state index contributed by atoms with van der Waals surface area (Å²) in [5, 5.41) is 0.168. The lowest BCUT2D eigenvalue weighted by molar-refractivity contribution is -0.137. The summed E-state index contributed by atoms with van der Waals surface area (Å²) in [7, 11) is 0. The number of aromatic nitrogens is 3. The van der Waals surface area contributed by atoms with Gasteiger partial charge in [0.2, 0.25) is 0 Å². The number of Topliss-reactive ketones (excluding diaryl/α,β-unsaturated/α-hetero) is 1. The van der Waals surface area contributed by atoms with Crippen LogP contribution in [0.1, 0.15) is 12.5 Å². The third-order valence-electron chi connectivity index (χ3n) is 2.45. The van der Waals surface area contributed by atoms with Gasteiger partial charge in [-0.15, -0.1) is 0 Å². The van der Waals surface area contributed by atoms with Gasteiger partial charge in [-0.3, -0.25) is 9.78 Å². The van der Waals surface area contributed by atoms with Gasteiger partial charge in [0.1, 0.15) is 11.5 Å². The Kier molecular flexibility index (Phi) is 5.02. The van der Waals surface area contributed by atoms with E-state index in [1.54, 1.807) is 0 Å². The predicted octanol–water partition coefficient (Wildman–Crippen LogP) is 3.89. The van der Waals surface area contributed by atoms with Crippen LogP contribution in [0.2, 0.25) is 5.02 Å². The number of halogens is 4. The fraction of sp³-hybridized carbons (Fsp3) is 0.231. The lowest BCUT2D eigenvalue weighted by Gasteiger charge is -2.09. The minimum atomic E-state index is -4.51. The van der Waals surface area contributed by atoms with E-state index in [0.717, 1.165) is 17.8 Å². The molecule has 0 unspecified atom stereocenters. The van der Waals surface area contributed by atoms with E-state index in [1.165, 1.54) is 19.2 Å². The molecular formula is C13H9ClF3N3OS. The van der Waals surface area contributed by atoms with E-state index in [1.807, 2.05) is 0 Å². The van der Waals surface area contributed by atoms with E-state index in [0.29, 0.717) is 17.0 Å². The van der Waals surface area contributed by atoms with Crippen LogP contribution in [0.5, 0.6) is 0 Å². The van der Waals surface area contributed by atoms with Crippen LogP contribution in [0.3, 0.4) is 0 Å². The molecule has 22 heavy (non-hydrogen) atoms. The number of rotatable bonds is 4. The third kappa shape index (κ3) is 4.17. The van der Waals surface area contributed by atoms with Crippen molar-refractivity contribution in [2.45, 2.75) is 18.3 Å². The zero-order valence-electron chi connectivity index (χ0n) is 11.2. The largest absolute Gasteiger partial charge is 0.417 e. The van der Waals surface area contributed by atoms with Gasteiger partial charge in [0.15, 0.2) is 5.16 Å². The SMILES string of the molecule is CC(=O)CSc1nccc(-c2ncc(C(F)(F)F)cc2Cl)n1. The number of pyridine rings is 1. The molecule has 0 N–H and O–H groups in total. The van der Waals surface area contributed by atoms with Crippen LogP contribution in [-0.2, 0) is 11.0 Å². The molecule has 2 rings (SSSR count). The second-order valence-electron chi connectivity index (χ2n) is 4.27. The topological polar surface area (TPSA) is 55.7 Å². The Morgan fingerprint density at radius 1 is 1.36 bits per heavy atom. The maximum atomic E-state index is 12.6. The summed E-state index contributed by atoms with van der Waals surface area (Å²) < 4.78 is 37.7.